The number of aromatic nitrogens is 3. The second-order valence-corrected chi connectivity index (χ2v) is 15.5. The van der Waals surface area contributed by atoms with Crippen molar-refractivity contribution >= 4 is 57.6 Å². The highest BCUT2D eigenvalue weighted by molar-refractivity contribution is 9.10. The number of thiophene rings is 1. The van der Waals surface area contributed by atoms with Gasteiger partial charge in [0.15, 0.2) is 0 Å². The molecule has 2 heterocycles. The van der Waals surface area contributed by atoms with E-state index >= 15 is 0 Å². The average molecular weight is 575 g/mol. The third-order valence-electron chi connectivity index (χ3n) is 6.11. The van der Waals surface area contributed by atoms with E-state index in [9.17, 15) is 0 Å². The Labute approximate surface area is 220 Å². The summed E-state index contributed by atoms with van der Waals surface area (Å²) in [4.78, 5) is 0. The molecule has 0 radical (unpaired) electrons. The number of nitrogens with zero attached hydrogens (tertiary/aromatic N) is 3. The lowest BCUT2D eigenvalue weighted by atomic mass is 10.2. The quantitative estimate of drug-likeness (QED) is 0.184. The van der Waals surface area contributed by atoms with Gasteiger partial charge in [-0.05, 0) is 38.3 Å². The maximum atomic E-state index is 7.06. The van der Waals surface area contributed by atoms with Crippen LogP contribution in [0.1, 0.15) is 38.0 Å². The molecule has 178 valence electrons. The predicted octanol–water partition coefficient (Wildman–Crippen LogP) is 6.26. The SMILES string of the molecule is Cc1nnc(CCO[Si](c2ccccc2)(c2ccccc2)C(C)(C)C)n1-c1scc(Br)c1CCl. The summed E-state index contributed by atoms with van der Waals surface area (Å²) in [6.45, 7) is 9.41. The molecular weight excluding hydrogens is 546 g/mol. The molecule has 0 fully saturated rings. The van der Waals surface area contributed by atoms with E-state index in [4.69, 9.17) is 16.0 Å². The molecule has 0 atom stereocenters. The van der Waals surface area contributed by atoms with Gasteiger partial charge >= 0.3 is 0 Å². The molecule has 4 aromatic rings. The van der Waals surface area contributed by atoms with E-state index < -0.39 is 8.32 Å². The third-order valence-corrected chi connectivity index (χ3v) is 13.4. The number of alkyl halides is 1. The molecule has 0 amide bonds. The van der Waals surface area contributed by atoms with Gasteiger partial charge in [-0.1, -0.05) is 81.4 Å². The van der Waals surface area contributed by atoms with Crippen molar-refractivity contribution in [3.8, 4) is 5.00 Å². The van der Waals surface area contributed by atoms with Crippen LogP contribution in [0.5, 0.6) is 0 Å². The number of rotatable bonds is 8. The fourth-order valence-corrected chi connectivity index (χ4v) is 11.4. The fourth-order valence-electron chi connectivity index (χ4n) is 4.55. The standard InChI is InChI=1S/C26H29BrClN3OSSi/c1-19-29-30-24(31(19)25-22(17-28)23(27)18-33-25)15-16-32-34(26(2,3)4,20-11-7-5-8-12-20)21-13-9-6-10-14-21/h5-14,18H,15-17H2,1-4H3. The normalized spacial score (nSPS) is 12.3. The lowest BCUT2D eigenvalue weighted by Crippen LogP contribution is -2.66. The van der Waals surface area contributed by atoms with E-state index in [0.29, 0.717) is 18.9 Å². The zero-order valence-corrected chi connectivity index (χ0v) is 24.0. The Morgan fingerprint density at radius 3 is 2.12 bits per heavy atom. The Balaban J connectivity index is 1.70. The number of hydrogen-bond donors (Lipinski definition) is 0. The van der Waals surface area contributed by atoms with Crippen LogP contribution >= 0.6 is 38.9 Å². The Morgan fingerprint density at radius 2 is 1.59 bits per heavy atom. The summed E-state index contributed by atoms with van der Waals surface area (Å²) >= 11 is 11.5. The third kappa shape index (κ3) is 4.69. The first-order chi connectivity index (χ1) is 16.3. The van der Waals surface area contributed by atoms with Gasteiger partial charge in [0.05, 0.1) is 5.88 Å². The zero-order valence-electron chi connectivity index (χ0n) is 19.9. The summed E-state index contributed by atoms with van der Waals surface area (Å²) in [7, 11) is -2.59. The van der Waals surface area contributed by atoms with E-state index in [2.05, 4.69) is 118 Å². The molecule has 4 rings (SSSR count). The lowest BCUT2D eigenvalue weighted by molar-refractivity contribution is 0.298. The molecule has 2 aromatic heterocycles. The van der Waals surface area contributed by atoms with E-state index in [-0.39, 0.29) is 5.04 Å². The first-order valence-corrected chi connectivity index (χ1v) is 15.4. The maximum Gasteiger partial charge on any atom is 0.261 e. The van der Waals surface area contributed by atoms with Gasteiger partial charge in [-0.15, -0.1) is 33.1 Å². The summed E-state index contributed by atoms with van der Waals surface area (Å²) in [5, 5.41) is 14.5. The van der Waals surface area contributed by atoms with Crippen LogP contribution in [0, 0.1) is 6.92 Å². The predicted molar refractivity (Wildman–Crippen MR) is 149 cm³/mol. The van der Waals surface area contributed by atoms with Crippen LogP contribution in [-0.2, 0) is 16.7 Å². The first-order valence-electron chi connectivity index (χ1n) is 11.3. The van der Waals surface area contributed by atoms with Gasteiger partial charge in [-0.3, -0.25) is 4.57 Å². The van der Waals surface area contributed by atoms with Gasteiger partial charge < -0.3 is 4.43 Å². The van der Waals surface area contributed by atoms with Gasteiger partial charge in [0.25, 0.3) is 8.32 Å². The van der Waals surface area contributed by atoms with Crippen LogP contribution in [0.3, 0.4) is 0 Å². The molecule has 8 heteroatoms. The Kier molecular flexibility index (Phi) is 7.79. The Bertz CT molecular complexity index is 1200. The monoisotopic (exact) mass is 573 g/mol. The second kappa shape index (κ2) is 10.5. The average Bonchev–Trinajstić information content (AvgIpc) is 3.38. The van der Waals surface area contributed by atoms with Crippen LogP contribution in [0.4, 0.5) is 0 Å². The smallest absolute Gasteiger partial charge is 0.261 e. The van der Waals surface area contributed by atoms with Gasteiger partial charge in [-0.25, -0.2) is 0 Å². The molecule has 0 N–H and O–H groups in total. The number of hydrogen-bond acceptors (Lipinski definition) is 4. The van der Waals surface area contributed by atoms with Crippen molar-refractivity contribution in [3.63, 3.8) is 0 Å². The van der Waals surface area contributed by atoms with Gasteiger partial charge in [0, 0.05) is 28.4 Å². The lowest BCUT2D eigenvalue weighted by Gasteiger charge is -2.43. The molecule has 34 heavy (non-hydrogen) atoms. The van der Waals surface area contributed by atoms with Crippen LogP contribution < -0.4 is 10.4 Å². The molecule has 0 spiro atoms. The molecule has 4 nitrogen and oxygen atoms in total. The van der Waals surface area contributed by atoms with Crippen molar-refractivity contribution in [3.05, 3.63) is 87.7 Å². The van der Waals surface area contributed by atoms with E-state index in [1.165, 1.54) is 10.4 Å². The van der Waals surface area contributed by atoms with E-state index in [1.807, 2.05) is 6.92 Å². The highest BCUT2D eigenvalue weighted by Gasteiger charge is 2.50. The molecule has 0 aliphatic heterocycles. The first kappa shape index (κ1) is 25.3. The highest BCUT2D eigenvalue weighted by atomic mass is 79.9. The van der Waals surface area contributed by atoms with E-state index in [0.717, 1.165) is 26.7 Å². The maximum absolute atomic E-state index is 7.06. The molecule has 0 saturated carbocycles. The topological polar surface area (TPSA) is 39.9 Å². The van der Waals surface area contributed by atoms with Crippen molar-refractivity contribution in [2.24, 2.45) is 0 Å². The summed E-state index contributed by atoms with van der Waals surface area (Å²) in [5.41, 5.74) is 1.06. The minimum Gasteiger partial charge on any atom is -0.407 e. The number of benzene rings is 2. The molecule has 0 aliphatic rings. The molecule has 0 saturated heterocycles. The zero-order chi connectivity index (χ0) is 24.3. The molecule has 2 aromatic carbocycles. The minimum atomic E-state index is -2.59. The van der Waals surface area contributed by atoms with Gasteiger partial charge in [0.2, 0.25) is 0 Å². The largest absolute Gasteiger partial charge is 0.407 e. The molecule has 0 unspecified atom stereocenters. The van der Waals surface area contributed by atoms with Crippen molar-refractivity contribution in [2.75, 3.05) is 6.61 Å². The van der Waals surface area contributed by atoms with Gasteiger partial charge in [-0.2, -0.15) is 0 Å². The molecule has 0 bridgehead atoms. The molecular formula is C26H29BrClN3OSSi. The van der Waals surface area contributed by atoms with Crippen LogP contribution in [-0.4, -0.2) is 29.7 Å². The van der Waals surface area contributed by atoms with Crippen LogP contribution in [0.2, 0.25) is 5.04 Å². The summed E-state index contributed by atoms with van der Waals surface area (Å²) < 4.78 is 10.2. The number of aryl methyl sites for hydroxylation is 1. The van der Waals surface area contributed by atoms with Crippen molar-refractivity contribution in [2.45, 2.75) is 45.0 Å². The summed E-state index contributed by atoms with van der Waals surface area (Å²) in [5.74, 6) is 2.16. The van der Waals surface area contributed by atoms with Crippen LogP contribution in [0.15, 0.2) is 70.5 Å². The van der Waals surface area contributed by atoms with Gasteiger partial charge in [0.1, 0.15) is 16.6 Å². The molecule has 0 aliphatic carbocycles. The summed E-state index contributed by atoms with van der Waals surface area (Å²) in [6.07, 6.45) is 0.655. The van der Waals surface area contributed by atoms with Crippen molar-refractivity contribution < 1.29 is 4.43 Å². The van der Waals surface area contributed by atoms with Crippen molar-refractivity contribution in [1.82, 2.24) is 14.8 Å². The Morgan fingerprint density at radius 1 is 1.00 bits per heavy atom. The van der Waals surface area contributed by atoms with Crippen molar-refractivity contribution in [1.29, 1.82) is 0 Å². The second-order valence-electron chi connectivity index (χ2n) is 9.26. The number of halogens is 2. The summed E-state index contributed by atoms with van der Waals surface area (Å²) in [6, 6.07) is 21.4. The minimum absolute atomic E-state index is 0.0658. The van der Waals surface area contributed by atoms with Crippen LogP contribution in [0.25, 0.3) is 5.00 Å². The Hall–Kier alpha value is -1.77. The highest BCUT2D eigenvalue weighted by Crippen LogP contribution is 2.37. The fraction of sp³-hybridized carbons (Fsp3) is 0.308. The van der Waals surface area contributed by atoms with E-state index in [1.54, 1.807) is 11.3 Å².